The molecule has 0 unspecified atom stereocenters. The van der Waals surface area contributed by atoms with Crippen molar-refractivity contribution < 1.29 is 4.79 Å². The van der Waals surface area contributed by atoms with E-state index in [0.717, 1.165) is 22.2 Å². The quantitative estimate of drug-likeness (QED) is 0.592. The van der Waals surface area contributed by atoms with Gasteiger partial charge in [0.15, 0.2) is 0 Å². The molecule has 1 aromatic carbocycles. The molecule has 3 heterocycles. The number of nitrogens with one attached hydrogen (secondary N) is 2. The molecule has 1 amide bonds. The molecule has 0 atom stereocenters. The average Bonchev–Trinajstić information content (AvgIpc) is 3.04. The first-order chi connectivity index (χ1) is 12.2. The summed E-state index contributed by atoms with van der Waals surface area (Å²) < 4.78 is 0. The largest absolute Gasteiger partial charge is 0.344 e. The maximum absolute atomic E-state index is 12.4. The number of benzene rings is 1. The van der Waals surface area contributed by atoms with E-state index in [9.17, 15) is 4.79 Å². The fourth-order valence-electron chi connectivity index (χ4n) is 2.78. The summed E-state index contributed by atoms with van der Waals surface area (Å²) in [5.74, 6) is -0.199. The van der Waals surface area contributed by atoms with Crippen LogP contribution in [0.3, 0.4) is 0 Å². The molecule has 0 aliphatic heterocycles. The van der Waals surface area contributed by atoms with Crippen LogP contribution in [0.1, 0.15) is 15.9 Å². The van der Waals surface area contributed by atoms with Gasteiger partial charge in [-0.2, -0.15) is 0 Å². The molecular weight excluding hydrogens is 312 g/mol. The van der Waals surface area contributed by atoms with E-state index in [0.29, 0.717) is 11.3 Å². The zero-order valence-electron chi connectivity index (χ0n) is 13.7. The van der Waals surface area contributed by atoms with Crippen LogP contribution in [0.2, 0.25) is 0 Å². The van der Waals surface area contributed by atoms with Crippen molar-refractivity contribution in [3.8, 4) is 11.1 Å². The number of rotatable bonds is 3. The number of aromatic amines is 1. The molecule has 2 N–H and O–H groups in total. The van der Waals surface area contributed by atoms with Crippen LogP contribution < -0.4 is 5.32 Å². The van der Waals surface area contributed by atoms with Gasteiger partial charge in [0.05, 0.1) is 11.3 Å². The average molecular weight is 328 g/mol. The Kier molecular flexibility index (Phi) is 3.74. The highest BCUT2D eigenvalue weighted by atomic mass is 16.1. The summed E-state index contributed by atoms with van der Waals surface area (Å²) in [5, 5.41) is 3.79. The number of carbonyl (C=O) groups is 1. The molecule has 122 valence electrons. The Morgan fingerprint density at radius 1 is 1.08 bits per heavy atom. The molecule has 3 aromatic heterocycles. The Bertz CT molecular complexity index is 1050. The van der Waals surface area contributed by atoms with Gasteiger partial charge in [-0.05, 0) is 30.7 Å². The van der Waals surface area contributed by atoms with Crippen LogP contribution in [0, 0.1) is 6.92 Å². The third-order valence-corrected chi connectivity index (χ3v) is 4.05. The lowest BCUT2D eigenvalue weighted by atomic mass is 10.0. The number of amides is 1. The van der Waals surface area contributed by atoms with Gasteiger partial charge in [-0.3, -0.25) is 9.78 Å². The highest BCUT2D eigenvalue weighted by molar-refractivity contribution is 6.08. The molecule has 0 aliphatic rings. The number of hydrogen-bond donors (Lipinski definition) is 2. The topological polar surface area (TPSA) is 70.7 Å². The lowest BCUT2D eigenvalue weighted by Gasteiger charge is -2.05. The number of aryl methyl sites for hydroxylation is 1. The molecule has 0 bridgehead atoms. The van der Waals surface area contributed by atoms with E-state index in [1.165, 1.54) is 5.56 Å². The SMILES string of the molecule is Cc1cccc(-c2cnc3[nH]cc(NC(=O)c4cccnc4)c3c2)c1. The molecule has 0 saturated carbocycles. The second-order valence-electron chi connectivity index (χ2n) is 5.89. The first-order valence-electron chi connectivity index (χ1n) is 7.96. The second kappa shape index (κ2) is 6.20. The zero-order chi connectivity index (χ0) is 17.2. The van der Waals surface area contributed by atoms with E-state index in [-0.39, 0.29) is 5.91 Å². The van der Waals surface area contributed by atoms with E-state index in [4.69, 9.17) is 0 Å². The van der Waals surface area contributed by atoms with Crippen LogP contribution in [0.4, 0.5) is 5.69 Å². The van der Waals surface area contributed by atoms with Crippen molar-refractivity contribution in [2.75, 3.05) is 5.32 Å². The molecule has 5 heteroatoms. The summed E-state index contributed by atoms with van der Waals surface area (Å²) >= 11 is 0. The van der Waals surface area contributed by atoms with Crippen molar-refractivity contribution in [3.05, 3.63) is 78.4 Å². The lowest BCUT2D eigenvalue weighted by molar-refractivity contribution is 0.102. The number of anilines is 1. The van der Waals surface area contributed by atoms with Crippen LogP contribution in [0.25, 0.3) is 22.2 Å². The van der Waals surface area contributed by atoms with Crippen molar-refractivity contribution in [2.24, 2.45) is 0 Å². The summed E-state index contributed by atoms with van der Waals surface area (Å²) in [7, 11) is 0. The minimum absolute atomic E-state index is 0.199. The Hall–Kier alpha value is -3.47. The number of aromatic nitrogens is 3. The Morgan fingerprint density at radius 2 is 2.00 bits per heavy atom. The number of H-pyrrole nitrogens is 1. The fourth-order valence-corrected chi connectivity index (χ4v) is 2.78. The zero-order valence-corrected chi connectivity index (χ0v) is 13.7. The summed E-state index contributed by atoms with van der Waals surface area (Å²) in [6.07, 6.45) is 6.77. The number of carbonyl (C=O) groups excluding carboxylic acids is 1. The van der Waals surface area contributed by atoms with E-state index in [1.807, 2.05) is 18.3 Å². The molecule has 0 fully saturated rings. The minimum atomic E-state index is -0.199. The highest BCUT2D eigenvalue weighted by Crippen LogP contribution is 2.28. The van der Waals surface area contributed by atoms with Crippen LogP contribution >= 0.6 is 0 Å². The fraction of sp³-hybridized carbons (Fsp3) is 0.0500. The third-order valence-electron chi connectivity index (χ3n) is 4.05. The Labute approximate surface area is 144 Å². The van der Waals surface area contributed by atoms with Crippen LogP contribution in [-0.4, -0.2) is 20.9 Å². The van der Waals surface area contributed by atoms with Gasteiger partial charge in [0.25, 0.3) is 5.91 Å². The van der Waals surface area contributed by atoms with Gasteiger partial charge in [-0.25, -0.2) is 4.98 Å². The van der Waals surface area contributed by atoms with Gasteiger partial charge in [0.2, 0.25) is 0 Å². The second-order valence-corrected chi connectivity index (χ2v) is 5.89. The Balaban J connectivity index is 1.71. The standard InChI is InChI=1S/C20H16N4O/c1-13-4-2-5-14(8-13)16-9-17-18(12-23-19(17)22-11-16)24-20(25)15-6-3-7-21-10-15/h2-12H,1H3,(H,22,23)(H,24,25). The van der Waals surface area contributed by atoms with Crippen LogP contribution in [-0.2, 0) is 0 Å². The number of pyridine rings is 2. The molecule has 0 spiro atoms. The predicted molar refractivity (Wildman–Crippen MR) is 98.5 cm³/mol. The molecule has 0 saturated heterocycles. The maximum Gasteiger partial charge on any atom is 0.257 e. The van der Waals surface area contributed by atoms with Gasteiger partial charge in [0, 0.05) is 35.7 Å². The van der Waals surface area contributed by atoms with Crippen LogP contribution in [0.5, 0.6) is 0 Å². The van der Waals surface area contributed by atoms with E-state index < -0.39 is 0 Å². The third kappa shape index (κ3) is 2.99. The smallest absolute Gasteiger partial charge is 0.257 e. The summed E-state index contributed by atoms with van der Waals surface area (Å²) in [5.41, 5.74) is 5.24. The summed E-state index contributed by atoms with van der Waals surface area (Å²) in [6.45, 7) is 2.06. The molecule has 4 aromatic rings. The lowest BCUT2D eigenvalue weighted by Crippen LogP contribution is -2.11. The maximum atomic E-state index is 12.4. The predicted octanol–water partition coefficient (Wildman–Crippen LogP) is 4.19. The summed E-state index contributed by atoms with van der Waals surface area (Å²) in [4.78, 5) is 23.9. The summed E-state index contributed by atoms with van der Waals surface area (Å²) in [6, 6.07) is 13.8. The van der Waals surface area contributed by atoms with Gasteiger partial charge < -0.3 is 10.3 Å². The number of nitrogens with zero attached hydrogens (tertiary/aromatic N) is 2. The first-order valence-corrected chi connectivity index (χ1v) is 7.96. The van der Waals surface area contributed by atoms with E-state index in [2.05, 4.69) is 45.4 Å². The molecule has 0 radical (unpaired) electrons. The number of hydrogen-bond acceptors (Lipinski definition) is 3. The minimum Gasteiger partial charge on any atom is -0.344 e. The van der Waals surface area contributed by atoms with Gasteiger partial charge in [-0.15, -0.1) is 0 Å². The van der Waals surface area contributed by atoms with Crippen molar-refractivity contribution in [2.45, 2.75) is 6.92 Å². The molecular formula is C20H16N4O. The first kappa shape index (κ1) is 15.1. The van der Waals surface area contributed by atoms with Gasteiger partial charge in [-0.1, -0.05) is 29.8 Å². The molecule has 0 aliphatic carbocycles. The van der Waals surface area contributed by atoms with Gasteiger partial charge >= 0.3 is 0 Å². The van der Waals surface area contributed by atoms with Crippen molar-refractivity contribution in [1.29, 1.82) is 0 Å². The van der Waals surface area contributed by atoms with Crippen molar-refractivity contribution >= 4 is 22.6 Å². The van der Waals surface area contributed by atoms with Gasteiger partial charge in [0.1, 0.15) is 5.65 Å². The Morgan fingerprint density at radius 3 is 2.80 bits per heavy atom. The highest BCUT2D eigenvalue weighted by Gasteiger charge is 2.11. The van der Waals surface area contributed by atoms with Crippen molar-refractivity contribution in [1.82, 2.24) is 15.0 Å². The van der Waals surface area contributed by atoms with E-state index in [1.54, 1.807) is 30.7 Å². The normalized spacial score (nSPS) is 10.8. The van der Waals surface area contributed by atoms with Crippen LogP contribution in [0.15, 0.2) is 67.3 Å². The van der Waals surface area contributed by atoms with Crippen molar-refractivity contribution in [3.63, 3.8) is 0 Å². The van der Waals surface area contributed by atoms with E-state index >= 15 is 0 Å². The molecule has 4 rings (SSSR count). The molecule has 5 nitrogen and oxygen atoms in total. The molecule has 25 heavy (non-hydrogen) atoms. The monoisotopic (exact) mass is 328 g/mol. The number of fused-ring (bicyclic) bond motifs is 1.